The molecule has 18 heavy (non-hydrogen) atoms. The molecule has 1 heterocycles. The van der Waals surface area contributed by atoms with Crippen LogP contribution in [0.2, 0.25) is 0 Å². The molecule has 1 saturated heterocycles. The van der Waals surface area contributed by atoms with Crippen LogP contribution in [0.4, 0.5) is 11.4 Å². The highest BCUT2D eigenvalue weighted by Crippen LogP contribution is 2.19. The maximum atomic E-state index is 5.72. The van der Waals surface area contributed by atoms with Crippen LogP contribution in [0.1, 0.15) is 6.92 Å². The molecule has 0 aliphatic carbocycles. The molecule has 1 aromatic rings. The van der Waals surface area contributed by atoms with Crippen molar-refractivity contribution in [1.29, 1.82) is 0 Å². The van der Waals surface area contributed by atoms with E-state index in [0.717, 1.165) is 38.4 Å². The Morgan fingerprint density at radius 2 is 1.78 bits per heavy atom. The van der Waals surface area contributed by atoms with Crippen molar-refractivity contribution in [2.24, 2.45) is 5.73 Å². The van der Waals surface area contributed by atoms with E-state index in [4.69, 9.17) is 5.73 Å². The first-order valence-corrected chi connectivity index (χ1v) is 6.68. The smallest absolute Gasteiger partial charge is 0.0368 e. The van der Waals surface area contributed by atoms with E-state index >= 15 is 0 Å². The molecule has 0 saturated carbocycles. The highest BCUT2D eigenvalue weighted by molar-refractivity contribution is 5.55. The quantitative estimate of drug-likeness (QED) is 0.840. The summed E-state index contributed by atoms with van der Waals surface area (Å²) in [6.07, 6.45) is 0. The zero-order valence-corrected chi connectivity index (χ0v) is 11.4. The predicted octanol–water partition coefficient (Wildman–Crippen LogP) is 1.20. The first-order chi connectivity index (χ1) is 8.65. The van der Waals surface area contributed by atoms with Crippen molar-refractivity contribution in [3.63, 3.8) is 0 Å². The molecule has 1 atom stereocenters. The first-order valence-electron chi connectivity index (χ1n) is 6.68. The fourth-order valence-electron chi connectivity index (χ4n) is 2.13. The third-order valence-corrected chi connectivity index (χ3v) is 3.36. The average molecular weight is 248 g/mol. The molecule has 0 radical (unpaired) electrons. The zero-order chi connectivity index (χ0) is 13.0. The van der Waals surface area contributed by atoms with Crippen molar-refractivity contribution in [1.82, 2.24) is 4.90 Å². The molecule has 1 aromatic carbocycles. The average Bonchev–Trinajstić information content (AvgIpc) is 2.38. The summed E-state index contributed by atoms with van der Waals surface area (Å²) in [7, 11) is 2.18. The lowest BCUT2D eigenvalue weighted by atomic mass is 10.2. The second-order valence-electron chi connectivity index (χ2n) is 5.20. The molecule has 4 heteroatoms. The van der Waals surface area contributed by atoms with E-state index < -0.39 is 0 Å². The molecule has 0 spiro atoms. The standard InChI is InChI=1S/C14H24N4/c1-12(15)11-16-13-3-5-14(6-4-13)18-9-7-17(2)8-10-18/h3-6,12,16H,7-11,15H2,1-2H3. The third kappa shape index (κ3) is 3.62. The molecule has 100 valence electrons. The van der Waals surface area contributed by atoms with Gasteiger partial charge in [0.05, 0.1) is 0 Å². The van der Waals surface area contributed by atoms with Crippen molar-refractivity contribution in [2.75, 3.05) is 50.0 Å². The number of anilines is 2. The van der Waals surface area contributed by atoms with Gasteiger partial charge in [-0.1, -0.05) is 0 Å². The monoisotopic (exact) mass is 248 g/mol. The van der Waals surface area contributed by atoms with Gasteiger partial charge in [-0.25, -0.2) is 0 Å². The maximum Gasteiger partial charge on any atom is 0.0368 e. The summed E-state index contributed by atoms with van der Waals surface area (Å²) in [5, 5.41) is 3.33. The van der Waals surface area contributed by atoms with E-state index in [1.54, 1.807) is 0 Å². The van der Waals surface area contributed by atoms with Gasteiger partial charge >= 0.3 is 0 Å². The second-order valence-corrected chi connectivity index (χ2v) is 5.20. The molecule has 1 unspecified atom stereocenters. The maximum absolute atomic E-state index is 5.72. The number of likely N-dealkylation sites (N-methyl/N-ethyl adjacent to an activating group) is 1. The Morgan fingerprint density at radius 1 is 1.17 bits per heavy atom. The van der Waals surface area contributed by atoms with Crippen LogP contribution in [0.5, 0.6) is 0 Å². The lowest BCUT2D eigenvalue weighted by Gasteiger charge is -2.34. The van der Waals surface area contributed by atoms with Gasteiger partial charge in [-0.15, -0.1) is 0 Å². The number of nitrogens with zero attached hydrogens (tertiary/aromatic N) is 2. The topological polar surface area (TPSA) is 44.5 Å². The number of hydrogen-bond donors (Lipinski definition) is 2. The third-order valence-electron chi connectivity index (χ3n) is 3.36. The highest BCUT2D eigenvalue weighted by Gasteiger charge is 2.13. The molecule has 2 rings (SSSR count). The van der Waals surface area contributed by atoms with Gasteiger partial charge in [0.15, 0.2) is 0 Å². The van der Waals surface area contributed by atoms with E-state index in [0.29, 0.717) is 0 Å². The molecule has 0 amide bonds. The van der Waals surface area contributed by atoms with Gasteiger partial charge in [-0.05, 0) is 38.2 Å². The summed E-state index contributed by atoms with van der Waals surface area (Å²) in [6.45, 7) is 7.33. The van der Waals surface area contributed by atoms with Crippen molar-refractivity contribution in [3.05, 3.63) is 24.3 Å². The predicted molar refractivity (Wildman–Crippen MR) is 78.3 cm³/mol. The van der Waals surface area contributed by atoms with Crippen LogP contribution >= 0.6 is 0 Å². The molecule has 0 aromatic heterocycles. The number of nitrogens with one attached hydrogen (secondary N) is 1. The second kappa shape index (κ2) is 6.07. The minimum atomic E-state index is 0.183. The Morgan fingerprint density at radius 3 is 2.33 bits per heavy atom. The Hall–Kier alpha value is -1.26. The summed E-state index contributed by atoms with van der Waals surface area (Å²) >= 11 is 0. The van der Waals surface area contributed by atoms with E-state index in [2.05, 4.69) is 46.4 Å². The molecule has 0 bridgehead atoms. The Balaban J connectivity index is 1.91. The molecular formula is C14H24N4. The summed E-state index contributed by atoms with van der Waals surface area (Å²) < 4.78 is 0. The molecule has 3 N–H and O–H groups in total. The fraction of sp³-hybridized carbons (Fsp3) is 0.571. The van der Waals surface area contributed by atoms with Gasteiger partial charge in [0.25, 0.3) is 0 Å². The van der Waals surface area contributed by atoms with Crippen LogP contribution in [-0.4, -0.2) is 50.7 Å². The fourth-order valence-corrected chi connectivity index (χ4v) is 2.13. The van der Waals surface area contributed by atoms with Crippen molar-refractivity contribution < 1.29 is 0 Å². The van der Waals surface area contributed by atoms with Crippen LogP contribution in [-0.2, 0) is 0 Å². The summed E-state index contributed by atoms with van der Waals surface area (Å²) in [5.74, 6) is 0. The minimum Gasteiger partial charge on any atom is -0.383 e. The Bertz CT molecular complexity index is 353. The van der Waals surface area contributed by atoms with Crippen LogP contribution in [0.25, 0.3) is 0 Å². The summed E-state index contributed by atoms with van der Waals surface area (Å²) in [6, 6.07) is 8.83. The summed E-state index contributed by atoms with van der Waals surface area (Å²) in [4.78, 5) is 4.81. The van der Waals surface area contributed by atoms with Crippen molar-refractivity contribution in [3.8, 4) is 0 Å². The normalized spacial score (nSPS) is 18.7. The molecule has 1 aliphatic rings. The number of piperazine rings is 1. The van der Waals surface area contributed by atoms with Gasteiger partial charge in [-0.3, -0.25) is 0 Å². The number of hydrogen-bond acceptors (Lipinski definition) is 4. The van der Waals surface area contributed by atoms with Gasteiger partial charge in [-0.2, -0.15) is 0 Å². The van der Waals surface area contributed by atoms with Crippen molar-refractivity contribution >= 4 is 11.4 Å². The van der Waals surface area contributed by atoms with Gasteiger partial charge in [0, 0.05) is 50.1 Å². The number of nitrogens with two attached hydrogens (primary N) is 1. The van der Waals surface area contributed by atoms with E-state index in [1.807, 2.05) is 6.92 Å². The Labute approximate surface area is 110 Å². The lowest BCUT2D eigenvalue weighted by molar-refractivity contribution is 0.313. The van der Waals surface area contributed by atoms with Gasteiger partial charge < -0.3 is 20.9 Å². The molecule has 1 aliphatic heterocycles. The van der Waals surface area contributed by atoms with Crippen molar-refractivity contribution in [2.45, 2.75) is 13.0 Å². The highest BCUT2D eigenvalue weighted by atomic mass is 15.2. The van der Waals surface area contributed by atoms with Gasteiger partial charge in [0.1, 0.15) is 0 Å². The zero-order valence-electron chi connectivity index (χ0n) is 11.4. The molecule has 1 fully saturated rings. The van der Waals surface area contributed by atoms with Crippen LogP contribution < -0.4 is 16.0 Å². The molecule has 4 nitrogen and oxygen atoms in total. The lowest BCUT2D eigenvalue weighted by Crippen LogP contribution is -2.44. The molecular weight excluding hydrogens is 224 g/mol. The summed E-state index contributed by atoms with van der Waals surface area (Å²) in [5.41, 5.74) is 8.18. The number of rotatable bonds is 4. The van der Waals surface area contributed by atoms with Gasteiger partial charge in [0.2, 0.25) is 0 Å². The first kappa shape index (κ1) is 13.2. The Kier molecular flexibility index (Phi) is 4.44. The number of benzene rings is 1. The SMILES string of the molecule is CC(N)CNc1ccc(N2CCN(C)CC2)cc1. The largest absolute Gasteiger partial charge is 0.383 e. The van der Waals surface area contributed by atoms with E-state index in [9.17, 15) is 0 Å². The minimum absolute atomic E-state index is 0.183. The van der Waals surface area contributed by atoms with E-state index in [1.165, 1.54) is 5.69 Å². The van der Waals surface area contributed by atoms with Crippen LogP contribution in [0.15, 0.2) is 24.3 Å². The van der Waals surface area contributed by atoms with E-state index in [-0.39, 0.29) is 6.04 Å². The van der Waals surface area contributed by atoms with Crippen LogP contribution in [0.3, 0.4) is 0 Å². The van der Waals surface area contributed by atoms with Crippen LogP contribution in [0, 0.1) is 0 Å².